The normalized spacial score (nSPS) is 10.6. The van der Waals surface area contributed by atoms with Gasteiger partial charge in [0.1, 0.15) is 5.75 Å². The average molecular weight is 279 g/mol. The van der Waals surface area contributed by atoms with E-state index in [0.717, 1.165) is 22.8 Å². The lowest BCUT2D eigenvalue weighted by Gasteiger charge is -2.04. The molecule has 0 aliphatic carbocycles. The van der Waals surface area contributed by atoms with Gasteiger partial charge in [-0.2, -0.15) is 5.10 Å². The molecule has 0 amide bonds. The minimum absolute atomic E-state index is 0.249. The van der Waals surface area contributed by atoms with Crippen molar-refractivity contribution in [2.45, 2.75) is 13.8 Å². The van der Waals surface area contributed by atoms with Crippen LogP contribution < -0.4 is 5.32 Å². The van der Waals surface area contributed by atoms with Crippen LogP contribution >= 0.6 is 0 Å². The van der Waals surface area contributed by atoms with Crippen molar-refractivity contribution in [3.05, 3.63) is 59.7 Å². The number of phenols is 1. The summed E-state index contributed by atoms with van der Waals surface area (Å²) in [6, 6.07) is 15.2. The number of hydrogen-bond acceptors (Lipinski definition) is 3. The van der Waals surface area contributed by atoms with E-state index in [0.29, 0.717) is 0 Å². The highest BCUT2D eigenvalue weighted by molar-refractivity contribution is 5.68. The highest BCUT2D eigenvalue weighted by Gasteiger charge is 2.06. The average Bonchev–Trinajstić information content (AvgIpc) is 2.90. The summed E-state index contributed by atoms with van der Waals surface area (Å²) in [6.07, 6.45) is 0. The number of aromatic hydroxyl groups is 1. The van der Waals surface area contributed by atoms with E-state index in [1.807, 2.05) is 6.07 Å². The summed E-state index contributed by atoms with van der Waals surface area (Å²) >= 11 is 0. The number of H-pyrrole nitrogens is 1. The highest BCUT2D eigenvalue weighted by atomic mass is 16.3. The smallest absolute Gasteiger partial charge is 0.152 e. The van der Waals surface area contributed by atoms with Gasteiger partial charge in [-0.25, -0.2) is 0 Å². The third kappa shape index (κ3) is 2.89. The first-order valence-corrected chi connectivity index (χ1v) is 6.81. The fourth-order valence-corrected chi connectivity index (χ4v) is 2.33. The van der Waals surface area contributed by atoms with Crippen LogP contribution in [0.1, 0.15) is 11.1 Å². The Labute approximate surface area is 123 Å². The number of aromatic nitrogens is 2. The molecule has 0 fully saturated rings. The third-order valence-corrected chi connectivity index (χ3v) is 3.39. The Balaban J connectivity index is 1.84. The van der Waals surface area contributed by atoms with Crippen LogP contribution in [0, 0.1) is 13.8 Å². The van der Waals surface area contributed by atoms with Gasteiger partial charge in [0.25, 0.3) is 0 Å². The van der Waals surface area contributed by atoms with Crippen molar-refractivity contribution in [2.75, 3.05) is 5.32 Å². The molecule has 0 atom stereocenters. The number of hydrogen-bond donors (Lipinski definition) is 3. The van der Waals surface area contributed by atoms with E-state index in [1.165, 1.54) is 11.1 Å². The van der Waals surface area contributed by atoms with Crippen molar-refractivity contribution in [1.29, 1.82) is 0 Å². The van der Waals surface area contributed by atoms with Crippen LogP contribution in [0.15, 0.2) is 48.5 Å². The Morgan fingerprint density at radius 2 is 1.76 bits per heavy atom. The molecule has 1 aromatic heterocycles. The van der Waals surface area contributed by atoms with Gasteiger partial charge in [-0.15, -0.1) is 0 Å². The molecule has 0 unspecified atom stereocenters. The van der Waals surface area contributed by atoms with Crippen LogP contribution in [0.2, 0.25) is 0 Å². The van der Waals surface area contributed by atoms with Crippen molar-refractivity contribution in [2.24, 2.45) is 0 Å². The van der Waals surface area contributed by atoms with E-state index in [1.54, 1.807) is 24.3 Å². The standard InChI is InChI=1S/C17H17N3O/c1-11-3-8-15(12(2)9-11)16-10-17(20-19-16)18-13-4-6-14(21)7-5-13/h3-10,21H,1-2H3,(H2,18,19,20). The molecule has 0 spiro atoms. The number of aryl methyl sites for hydroxylation is 2. The molecule has 3 rings (SSSR count). The minimum atomic E-state index is 0.249. The first-order chi connectivity index (χ1) is 10.1. The van der Waals surface area contributed by atoms with E-state index < -0.39 is 0 Å². The fourth-order valence-electron chi connectivity index (χ4n) is 2.33. The molecule has 0 bridgehead atoms. The maximum absolute atomic E-state index is 9.28. The molecule has 0 radical (unpaired) electrons. The largest absolute Gasteiger partial charge is 0.508 e. The van der Waals surface area contributed by atoms with E-state index in [2.05, 4.69) is 47.6 Å². The topological polar surface area (TPSA) is 60.9 Å². The van der Waals surface area contributed by atoms with Crippen molar-refractivity contribution >= 4 is 11.5 Å². The molecule has 3 aromatic rings. The van der Waals surface area contributed by atoms with E-state index >= 15 is 0 Å². The molecule has 1 heterocycles. The van der Waals surface area contributed by atoms with Crippen LogP contribution in [-0.2, 0) is 0 Å². The number of benzene rings is 2. The molecular weight excluding hydrogens is 262 g/mol. The number of anilines is 2. The number of rotatable bonds is 3. The summed E-state index contributed by atoms with van der Waals surface area (Å²) in [7, 11) is 0. The number of phenolic OH excluding ortho intramolecular Hbond substituents is 1. The Hall–Kier alpha value is -2.75. The predicted octanol–water partition coefficient (Wildman–Crippen LogP) is 4.14. The van der Waals surface area contributed by atoms with Crippen LogP contribution in [0.3, 0.4) is 0 Å². The van der Waals surface area contributed by atoms with Crippen LogP contribution in [0.4, 0.5) is 11.5 Å². The van der Waals surface area contributed by atoms with Crippen LogP contribution in [0.25, 0.3) is 11.3 Å². The third-order valence-electron chi connectivity index (χ3n) is 3.39. The summed E-state index contributed by atoms with van der Waals surface area (Å²) in [5.74, 6) is 0.995. The molecule has 21 heavy (non-hydrogen) atoms. The van der Waals surface area contributed by atoms with Crippen molar-refractivity contribution in [1.82, 2.24) is 10.2 Å². The summed E-state index contributed by atoms with van der Waals surface area (Å²) in [6.45, 7) is 4.18. The van der Waals surface area contributed by atoms with Crippen molar-refractivity contribution < 1.29 is 5.11 Å². The number of nitrogens with zero attached hydrogens (tertiary/aromatic N) is 1. The van der Waals surface area contributed by atoms with E-state index in [9.17, 15) is 5.11 Å². The zero-order valence-electron chi connectivity index (χ0n) is 12.0. The first-order valence-electron chi connectivity index (χ1n) is 6.81. The molecule has 3 N–H and O–H groups in total. The molecule has 4 nitrogen and oxygen atoms in total. The molecule has 4 heteroatoms. The predicted molar refractivity (Wildman–Crippen MR) is 84.9 cm³/mol. The lowest BCUT2D eigenvalue weighted by atomic mass is 10.0. The maximum Gasteiger partial charge on any atom is 0.152 e. The highest BCUT2D eigenvalue weighted by Crippen LogP contribution is 2.26. The first kappa shape index (κ1) is 13.2. The summed E-state index contributed by atoms with van der Waals surface area (Å²) in [5.41, 5.74) is 5.47. The number of aromatic amines is 1. The fraction of sp³-hybridized carbons (Fsp3) is 0.118. The second-order valence-electron chi connectivity index (χ2n) is 5.16. The Bertz CT molecular complexity index is 760. The minimum Gasteiger partial charge on any atom is -0.508 e. The molecular formula is C17H17N3O. The quantitative estimate of drug-likeness (QED) is 0.631. The Morgan fingerprint density at radius 1 is 1.00 bits per heavy atom. The Kier molecular flexibility index (Phi) is 3.36. The summed E-state index contributed by atoms with van der Waals surface area (Å²) in [4.78, 5) is 0. The van der Waals surface area contributed by atoms with Gasteiger partial charge in [0.05, 0.1) is 5.69 Å². The molecule has 106 valence electrons. The van der Waals surface area contributed by atoms with Gasteiger partial charge < -0.3 is 10.4 Å². The van der Waals surface area contributed by atoms with Crippen molar-refractivity contribution in [3.63, 3.8) is 0 Å². The lowest BCUT2D eigenvalue weighted by Crippen LogP contribution is -1.89. The maximum atomic E-state index is 9.28. The molecule has 0 aliphatic rings. The van der Waals surface area contributed by atoms with Crippen molar-refractivity contribution in [3.8, 4) is 17.0 Å². The van der Waals surface area contributed by atoms with Gasteiger partial charge >= 0.3 is 0 Å². The van der Waals surface area contributed by atoms with Gasteiger partial charge in [0.2, 0.25) is 0 Å². The molecule has 2 aromatic carbocycles. The Morgan fingerprint density at radius 3 is 2.48 bits per heavy atom. The molecule has 0 saturated carbocycles. The zero-order chi connectivity index (χ0) is 14.8. The lowest BCUT2D eigenvalue weighted by molar-refractivity contribution is 0.475. The van der Waals surface area contributed by atoms with Gasteiger partial charge in [-0.3, -0.25) is 5.10 Å². The monoisotopic (exact) mass is 279 g/mol. The second-order valence-corrected chi connectivity index (χ2v) is 5.16. The molecule has 0 saturated heterocycles. The van der Waals surface area contributed by atoms with Crippen LogP contribution in [0.5, 0.6) is 5.75 Å². The SMILES string of the molecule is Cc1ccc(-c2cc(Nc3ccc(O)cc3)n[nH]2)c(C)c1. The number of nitrogens with one attached hydrogen (secondary N) is 2. The van der Waals surface area contributed by atoms with E-state index in [4.69, 9.17) is 0 Å². The zero-order valence-corrected chi connectivity index (χ0v) is 12.0. The summed E-state index contributed by atoms with van der Waals surface area (Å²) in [5, 5.41) is 19.8. The van der Waals surface area contributed by atoms with Gasteiger partial charge in [-0.05, 0) is 43.7 Å². The van der Waals surface area contributed by atoms with Gasteiger partial charge in [0, 0.05) is 17.3 Å². The van der Waals surface area contributed by atoms with Gasteiger partial charge in [-0.1, -0.05) is 23.8 Å². The van der Waals surface area contributed by atoms with Gasteiger partial charge in [0.15, 0.2) is 5.82 Å². The van der Waals surface area contributed by atoms with Crippen LogP contribution in [-0.4, -0.2) is 15.3 Å². The second kappa shape index (κ2) is 5.32. The van der Waals surface area contributed by atoms with E-state index in [-0.39, 0.29) is 5.75 Å². The summed E-state index contributed by atoms with van der Waals surface area (Å²) < 4.78 is 0. The molecule has 0 aliphatic heterocycles.